The minimum atomic E-state index is -0.236. The van der Waals surface area contributed by atoms with E-state index in [9.17, 15) is 4.79 Å². The van der Waals surface area contributed by atoms with Crippen LogP contribution in [0.2, 0.25) is 0 Å². The monoisotopic (exact) mass is 279 g/mol. The number of ether oxygens (including phenoxy) is 2. The molecule has 110 valence electrons. The van der Waals surface area contributed by atoms with Crippen LogP contribution in [0.25, 0.3) is 0 Å². The lowest BCUT2D eigenvalue weighted by Crippen LogP contribution is -2.42. The molecule has 1 aliphatic rings. The Morgan fingerprint density at radius 2 is 2.05 bits per heavy atom. The molecule has 2 rings (SSSR count). The molecule has 20 heavy (non-hydrogen) atoms. The molecular weight excluding hydrogens is 258 g/mol. The fourth-order valence-electron chi connectivity index (χ4n) is 2.29. The number of likely N-dealkylation sites (tertiary alicyclic amines) is 1. The van der Waals surface area contributed by atoms with Crippen molar-refractivity contribution >= 4 is 6.09 Å². The first-order chi connectivity index (χ1) is 9.58. The van der Waals surface area contributed by atoms with Gasteiger partial charge in [-0.1, -0.05) is 0 Å². The Morgan fingerprint density at radius 3 is 2.65 bits per heavy atom. The lowest BCUT2D eigenvalue weighted by atomic mass is 10.1. The van der Waals surface area contributed by atoms with Crippen LogP contribution in [0, 0.1) is 13.8 Å². The Morgan fingerprint density at radius 1 is 1.35 bits per heavy atom. The molecule has 1 saturated heterocycles. The van der Waals surface area contributed by atoms with Gasteiger partial charge < -0.3 is 14.4 Å². The van der Waals surface area contributed by atoms with E-state index in [2.05, 4.69) is 9.97 Å². The lowest BCUT2D eigenvalue weighted by Gasteiger charge is -2.31. The highest BCUT2D eigenvalue weighted by Gasteiger charge is 2.24. The molecule has 6 heteroatoms. The number of amides is 1. The van der Waals surface area contributed by atoms with E-state index in [1.807, 2.05) is 26.8 Å². The normalized spacial score (nSPS) is 16.1. The summed E-state index contributed by atoms with van der Waals surface area (Å²) in [4.78, 5) is 21.8. The maximum atomic E-state index is 11.6. The number of hydrogen-bond acceptors (Lipinski definition) is 5. The number of carbonyl (C=O) groups is 1. The van der Waals surface area contributed by atoms with E-state index < -0.39 is 0 Å². The van der Waals surface area contributed by atoms with E-state index in [-0.39, 0.29) is 12.2 Å². The number of rotatable bonds is 3. The molecular formula is C14H21N3O3. The quantitative estimate of drug-likeness (QED) is 0.847. The van der Waals surface area contributed by atoms with Gasteiger partial charge in [0.1, 0.15) is 11.9 Å². The summed E-state index contributed by atoms with van der Waals surface area (Å²) in [5.41, 5.74) is 0.899. The highest BCUT2D eigenvalue weighted by atomic mass is 16.6. The summed E-state index contributed by atoms with van der Waals surface area (Å²) in [6.07, 6.45) is 1.44. The first-order valence-corrected chi connectivity index (χ1v) is 6.99. The minimum absolute atomic E-state index is 0.0920. The number of piperidine rings is 1. The molecule has 1 aliphatic heterocycles. The molecule has 1 aromatic heterocycles. The van der Waals surface area contributed by atoms with Gasteiger partial charge in [0.15, 0.2) is 0 Å². The average molecular weight is 279 g/mol. The van der Waals surface area contributed by atoms with Gasteiger partial charge in [-0.25, -0.2) is 9.78 Å². The maximum absolute atomic E-state index is 11.6. The minimum Gasteiger partial charge on any atom is -0.474 e. The Kier molecular flexibility index (Phi) is 4.76. The van der Waals surface area contributed by atoms with Crippen LogP contribution in [-0.2, 0) is 4.74 Å². The van der Waals surface area contributed by atoms with Crippen molar-refractivity contribution in [3.05, 3.63) is 17.6 Å². The van der Waals surface area contributed by atoms with Crippen molar-refractivity contribution in [1.29, 1.82) is 0 Å². The predicted molar refractivity (Wildman–Crippen MR) is 73.8 cm³/mol. The molecule has 0 bridgehead atoms. The third-order valence-electron chi connectivity index (χ3n) is 3.20. The van der Waals surface area contributed by atoms with E-state index in [1.165, 1.54) is 0 Å². The van der Waals surface area contributed by atoms with E-state index in [0.29, 0.717) is 31.4 Å². The molecule has 0 atom stereocenters. The van der Waals surface area contributed by atoms with Crippen LogP contribution in [-0.4, -0.2) is 46.8 Å². The van der Waals surface area contributed by atoms with Gasteiger partial charge in [0, 0.05) is 37.7 Å². The van der Waals surface area contributed by atoms with Gasteiger partial charge in [0.25, 0.3) is 0 Å². The third-order valence-corrected chi connectivity index (χ3v) is 3.20. The van der Waals surface area contributed by atoms with Crippen molar-refractivity contribution in [2.24, 2.45) is 0 Å². The number of aromatic nitrogens is 2. The Labute approximate surface area is 119 Å². The first kappa shape index (κ1) is 14.6. The third kappa shape index (κ3) is 3.82. The van der Waals surface area contributed by atoms with Gasteiger partial charge >= 0.3 is 6.09 Å². The molecule has 0 unspecified atom stereocenters. The zero-order valence-corrected chi connectivity index (χ0v) is 12.3. The van der Waals surface area contributed by atoms with Gasteiger partial charge in [-0.15, -0.1) is 0 Å². The number of aryl methyl sites for hydroxylation is 2. The highest BCUT2D eigenvalue weighted by molar-refractivity contribution is 5.67. The summed E-state index contributed by atoms with van der Waals surface area (Å²) in [6.45, 7) is 7.31. The molecule has 1 aromatic rings. The van der Waals surface area contributed by atoms with E-state index >= 15 is 0 Å². The Balaban J connectivity index is 1.86. The van der Waals surface area contributed by atoms with Crippen LogP contribution in [0.1, 0.15) is 31.3 Å². The smallest absolute Gasteiger partial charge is 0.409 e. The first-order valence-electron chi connectivity index (χ1n) is 6.99. The van der Waals surface area contributed by atoms with Gasteiger partial charge in [-0.2, -0.15) is 4.98 Å². The summed E-state index contributed by atoms with van der Waals surface area (Å²) >= 11 is 0. The standard InChI is InChI=1S/C14H21N3O3/c1-4-19-14(18)17-7-5-12(6-8-17)20-13-9-10(2)15-11(3)16-13/h9,12H,4-8H2,1-3H3. The van der Waals surface area contributed by atoms with Crippen LogP contribution in [0.15, 0.2) is 6.07 Å². The van der Waals surface area contributed by atoms with Gasteiger partial charge in [0.05, 0.1) is 6.61 Å². The maximum Gasteiger partial charge on any atom is 0.409 e. The largest absolute Gasteiger partial charge is 0.474 e. The molecule has 0 spiro atoms. The zero-order valence-electron chi connectivity index (χ0n) is 12.3. The topological polar surface area (TPSA) is 64.5 Å². The fraction of sp³-hybridized carbons (Fsp3) is 0.643. The van der Waals surface area contributed by atoms with Crippen molar-refractivity contribution in [1.82, 2.24) is 14.9 Å². The molecule has 1 amide bonds. The lowest BCUT2D eigenvalue weighted by molar-refractivity contribution is 0.0687. The molecule has 0 aliphatic carbocycles. The van der Waals surface area contributed by atoms with Crippen LogP contribution in [0.5, 0.6) is 5.88 Å². The van der Waals surface area contributed by atoms with Gasteiger partial charge in [-0.05, 0) is 20.8 Å². The summed E-state index contributed by atoms with van der Waals surface area (Å²) in [7, 11) is 0. The molecule has 0 aromatic carbocycles. The second kappa shape index (κ2) is 6.54. The number of hydrogen-bond donors (Lipinski definition) is 0. The summed E-state index contributed by atoms with van der Waals surface area (Å²) in [6, 6.07) is 1.84. The van der Waals surface area contributed by atoms with Gasteiger partial charge in [0.2, 0.25) is 5.88 Å². The average Bonchev–Trinajstić information content (AvgIpc) is 2.38. The molecule has 1 fully saturated rings. The highest BCUT2D eigenvalue weighted by Crippen LogP contribution is 2.18. The van der Waals surface area contributed by atoms with Crippen LogP contribution in [0.4, 0.5) is 4.79 Å². The van der Waals surface area contributed by atoms with Gasteiger partial charge in [-0.3, -0.25) is 0 Å². The summed E-state index contributed by atoms with van der Waals surface area (Å²) < 4.78 is 10.9. The second-order valence-corrected chi connectivity index (χ2v) is 4.90. The Bertz CT molecular complexity index is 450. The SMILES string of the molecule is CCOC(=O)N1CCC(Oc2cc(C)nc(C)n2)CC1. The fourth-order valence-corrected chi connectivity index (χ4v) is 2.29. The molecule has 6 nitrogen and oxygen atoms in total. The molecule has 0 N–H and O–H groups in total. The van der Waals surface area contributed by atoms with E-state index in [4.69, 9.17) is 9.47 Å². The predicted octanol–water partition coefficient (Wildman–Crippen LogP) is 2.09. The van der Waals surface area contributed by atoms with Crippen molar-refractivity contribution in [2.75, 3.05) is 19.7 Å². The van der Waals surface area contributed by atoms with Crippen LogP contribution in [0.3, 0.4) is 0 Å². The number of nitrogens with zero attached hydrogens (tertiary/aromatic N) is 3. The van der Waals surface area contributed by atoms with E-state index in [1.54, 1.807) is 4.90 Å². The van der Waals surface area contributed by atoms with E-state index in [0.717, 1.165) is 18.5 Å². The zero-order chi connectivity index (χ0) is 14.5. The van der Waals surface area contributed by atoms with Crippen molar-refractivity contribution in [3.8, 4) is 5.88 Å². The molecule has 0 radical (unpaired) electrons. The van der Waals surface area contributed by atoms with Crippen LogP contribution >= 0.6 is 0 Å². The van der Waals surface area contributed by atoms with Crippen LogP contribution < -0.4 is 4.74 Å². The Hall–Kier alpha value is -1.85. The molecule has 0 saturated carbocycles. The van der Waals surface area contributed by atoms with Crippen molar-refractivity contribution in [3.63, 3.8) is 0 Å². The summed E-state index contributed by atoms with van der Waals surface area (Å²) in [5, 5.41) is 0. The van der Waals surface area contributed by atoms with Crippen molar-refractivity contribution in [2.45, 2.75) is 39.7 Å². The molecule has 2 heterocycles. The second-order valence-electron chi connectivity index (χ2n) is 4.90. The number of carbonyl (C=O) groups excluding carboxylic acids is 1. The van der Waals surface area contributed by atoms with Crippen molar-refractivity contribution < 1.29 is 14.3 Å². The summed E-state index contributed by atoms with van der Waals surface area (Å²) in [5.74, 6) is 1.33.